The summed E-state index contributed by atoms with van der Waals surface area (Å²) >= 11 is 0. The Kier molecular flexibility index (Phi) is 5.01. The van der Waals surface area contributed by atoms with Crippen LogP contribution >= 0.6 is 0 Å². The summed E-state index contributed by atoms with van der Waals surface area (Å²) in [6.07, 6.45) is -4.97. The van der Waals surface area contributed by atoms with Crippen molar-refractivity contribution in [1.29, 1.82) is 0 Å². The third-order valence-corrected chi connectivity index (χ3v) is 2.28. The number of rotatable bonds is 3. The minimum absolute atomic E-state index is 0.139. The van der Waals surface area contributed by atoms with E-state index in [1.54, 1.807) is 0 Å². The molecule has 0 spiro atoms. The fourth-order valence-corrected chi connectivity index (χ4v) is 1.31. The van der Waals surface area contributed by atoms with Gasteiger partial charge in [-0.25, -0.2) is 9.59 Å². The van der Waals surface area contributed by atoms with E-state index in [2.05, 4.69) is 14.8 Å². The van der Waals surface area contributed by atoms with Gasteiger partial charge in [0.2, 0.25) is 0 Å². The van der Waals surface area contributed by atoms with Gasteiger partial charge in [0.05, 0.1) is 18.4 Å². The molecule has 0 aliphatic rings. The van der Waals surface area contributed by atoms with Crippen LogP contribution in [0.2, 0.25) is 0 Å². The molecule has 0 heterocycles. The Morgan fingerprint density at radius 1 is 1.24 bits per heavy atom. The highest BCUT2D eigenvalue weighted by Crippen LogP contribution is 2.31. The molecule has 21 heavy (non-hydrogen) atoms. The average molecular weight is 306 g/mol. The van der Waals surface area contributed by atoms with Crippen molar-refractivity contribution < 1.29 is 32.2 Å². The van der Waals surface area contributed by atoms with Crippen LogP contribution in [0.1, 0.15) is 10.4 Å². The zero-order valence-electron chi connectivity index (χ0n) is 11.4. The van der Waals surface area contributed by atoms with Crippen LogP contribution in [0.3, 0.4) is 0 Å². The van der Waals surface area contributed by atoms with Gasteiger partial charge in [-0.1, -0.05) is 0 Å². The summed E-state index contributed by atoms with van der Waals surface area (Å²) in [4.78, 5) is 23.9. The molecule has 0 unspecified atom stereocenters. The highest BCUT2D eigenvalue weighted by atomic mass is 19.4. The molecule has 6 nitrogen and oxygen atoms in total. The molecule has 0 saturated carbocycles. The van der Waals surface area contributed by atoms with E-state index in [0.29, 0.717) is 0 Å². The van der Waals surface area contributed by atoms with Gasteiger partial charge in [-0.15, -0.1) is 13.2 Å². The van der Waals surface area contributed by atoms with Crippen molar-refractivity contribution in [3.8, 4) is 5.75 Å². The van der Waals surface area contributed by atoms with Crippen LogP contribution in [0.5, 0.6) is 5.75 Å². The molecule has 0 fully saturated rings. The minimum atomic E-state index is -4.97. The van der Waals surface area contributed by atoms with Gasteiger partial charge < -0.3 is 19.7 Å². The number of urea groups is 1. The molecular formula is C12H13F3N2O4. The van der Waals surface area contributed by atoms with Crippen molar-refractivity contribution in [2.45, 2.75) is 6.36 Å². The first kappa shape index (κ1) is 16.6. The van der Waals surface area contributed by atoms with E-state index in [9.17, 15) is 22.8 Å². The molecule has 0 aliphatic carbocycles. The zero-order chi connectivity index (χ0) is 16.2. The maximum Gasteiger partial charge on any atom is 0.573 e. The normalized spacial score (nSPS) is 10.8. The first-order valence-electron chi connectivity index (χ1n) is 5.60. The third kappa shape index (κ3) is 4.86. The maximum absolute atomic E-state index is 12.4. The monoisotopic (exact) mass is 306 g/mol. The number of carbonyl (C=O) groups excluding carboxylic acids is 2. The number of amides is 2. The summed E-state index contributed by atoms with van der Waals surface area (Å²) < 4.78 is 45.3. The lowest BCUT2D eigenvalue weighted by atomic mass is 10.2. The lowest BCUT2D eigenvalue weighted by molar-refractivity contribution is -0.274. The van der Waals surface area contributed by atoms with Gasteiger partial charge >= 0.3 is 18.4 Å². The summed E-state index contributed by atoms with van der Waals surface area (Å²) in [5.41, 5.74) is -0.363. The largest absolute Gasteiger partial charge is 0.573 e. The molecule has 1 aromatic carbocycles. The van der Waals surface area contributed by atoms with E-state index in [0.717, 1.165) is 24.1 Å². The van der Waals surface area contributed by atoms with E-state index in [1.165, 1.54) is 20.2 Å². The number of carbonyl (C=O) groups is 2. The molecule has 1 aromatic rings. The number of ether oxygens (including phenoxy) is 2. The van der Waals surface area contributed by atoms with Crippen LogP contribution in [0, 0.1) is 0 Å². The summed E-state index contributed by atoms with van der Waals surface area (Å²) in [5.74, 6) is -1.53. The summed E-state index contributed by atoms with van der Waals surface area (Å²) in [5, 5.41) is 2.23. The van der Waals surface area contributed by atoms with Crippen molar-refractivity contribution in [2.24, 2.45) is 0 Å². The molecule has 1 rings (SSSR count). The van der Waals surface area contributed by atoms with Gasteiger partial charge in [0.15, 0.2) is 5.75 Å². The number of nitrogens with zero attached hydrogens (tertiary/aromatic N) is 1. The van der Waals surface area contributed by atoms with Gasteiger partial charge in [-0.05, 0) is 18.2 Å². The Morgan fingerprint density at radius 2 is 1.86 bits per heavy atom. The molecule has 0 saturated heterocycles. The van der Waals surface area contributed by atoms with E-state index >= 15 is 0 Å². The predicted molar refractivity (Wildman–Crippen MR) is 67.2 cm³/mol. The molecule has 0 aromatic heterocycles. The topological polar surface area (TPSA) is 67.9 Å². The van der Waals surface area contributed by atoms with Crippen LogP contribution in [-0.2, 0) is 4.74 Å². The summed E-state index contributed by atoms with van der Waals surface area (Å²) in [6.45, 7) is 0. The minimum Gasteiger partial charge on any atom is -0.465 e. The molecule has 9 heteroatoms. The van der Waals surface area contributed by atoms with E-state index < -0.39 is 24.1 Å². The van der Waals surface area contributed by atoms with Crippen LogP contribution in [0.15, 0.2) is 18.2 Å². The van der Waals surface area contributed by atoms with Crippen molar-refractivity contribution >= 4 is 17.7 Å². The quantitative estimate of drug-likeness (QED) is 0.871. The number of anilines is 1. The second-order valence-corrected chi connectivity index (χ2v) is 4.07. The number of benzene rings is 1. The first-order valence-corrected chi connectivity index (χ1v) is 5.60. The second kappa shape index (κ2) is 6.33. The average Bonchev–Trinajstić information content (AvgIpc) is 2.37. The number of nitrogens with one attached hydrogen (secondary N) is 1. The molecular weight excluding hydrogens is 293 g/mol. The Bertz CT molecular complexity index is 544. The fraction of sp³-hybridized carbons (Fsp3) is 0.333. The van der Waals surface area contributed by atoms with Gasteiger partial charge in [0, 0.05) is 14.1 Å². The van der Waals surface area contributed by atoms with Gasteiger partial charge in [0.25, 0.3) is 0 Å². The van der Waals surface area contributed by atoms with Crippen molar-refractivity contribution in [3.63, 3.8) is 0 Å². The Balaban J connectivity index is 3.17. The van der Waals surface area contributed by atoms with Crippen LogP contribution in [0.4, 0.5) is 23.7 Å². The number of hydrogen-bond donors (Lipinski definition) is 1. The summed E-state index contributed by atoms with van der Waals surface area (Å²) in [7, 11) is 3.93. The maximum atomic E-state index is 12.4. The van der Waals surface area contributed by atoms with Crippen LogP contribution in [-0.4, -0.2) is 44.5 Å². The smallest absolute Gasteiger partial charge is 0.465 e. The van der Waals surface area contributed by atoms with Crippen molar-refractivity contribution in [3.05, 3.63) is 23.8 Å². The summed E-state index contributed by atoms with van der Waals surface area (Å²) in [6, 6.07) is 2.52. The number of alkyl halides is 3. The predicted octanol–water partition coefficient (Wildman–Crippen LogP) is 2.47. The number of halogens is 3. The van der Waals surface area contributed by atoms with E-state index in [-0.39, 0.29) is 11.3 Å². The van der Waals surface area contributed by atoms with Gasteiger partial charge in [-0.2, -0.15) is 0 Å². The van der Waals surface area contributed by atoms with Crippen molar-refractivity contribution in [2.75, 3.05) is 26.5 Å². The van der Waals surface area contributed by atoms with Crippen LogP contribution < -0.4 is 10.1 Å². The molecule has 2 amide bonds. The highest BCUT2D eigenvalue weighted by Gasteiger charge is 2.33. The molecule has 0 atom stereocenters. The SMILES string of the molecule is COC(=O)c1ccc(NC(=O)N(C)C)c(OC(F)(F)F)c1. The van der Waals surface area contributed by atoms with E-state index in [4.69, 9.17) is 0 Å². The third-order valence-electron chi connectivity index (χ3n) is 2.28. The molecule has 0 aliphatic heterocycles. The second-order valence-electron chi connectivity index (χ2n) is 4.07. The first-order chi connectivity index (χ1) is 9.64. The van der Waals surface area contributed by atoms with E-state index in [1.807, 2.05) is 0 Å². The number of hydrogen-bond acceptors (Lipinski definition) is 4. The molecule has 0 bridgehead atoms. The molecule has 0 radical (unpaired) electrons. The highest BCUT2D eigenvalue weighted by molar-refractivity contribution is 5.94. The molecule has 1 N–H and O–H groups in total. The van der Waals surface area contributed by atoms with Crippen LogP contribution in [0.25, 0.3) is 0 Å². The number of esters is 1. The Labute approximate surface area is 118 Å². The lowest BCUT2D eigenvalue weighted by Gasteiger charge is -2.17. The molecule has 116 valence electrons. The fourth-order valence-electron chi connectivity index (χ4n) is 1.31. The zero-order valence-corrected chi connectivity index (χ0v) is 11.4. The lowest BCUT2D eigenvalue weighted by Crippen LogP contribution is -2.28. The van der Waals surface area contributed by atoms with Gasteiger partial charge in [-0.3, -0.25) is 0 Å². The Morgan fingerprint density at radius 3 is 2.33 bits per heavy atom. The Hall–Kier alpha value is -2.45. The number of methoxy groups -OCH3 is 1. The standard InChI is InChI=1S/C12H13F3N2O4/c1-17(2)11(19)16-8-5-4-7(10(18)20-3)6-9(8)21-12(13,14)15/h4-6H,1-3H3,(H,16,19). The van der Waals surface area contributed by atoms with Gasteiger partial charge in [0.1, 0.15) is 0 Å². The van der Waals surface area contributed by atoms with Crippen molar-refractivity contribution in [1.82, 2.24) is 4.90 Å².